The predicted octanol–water partition coefficient (Wildman–Crippen LogP) is 6.83. The lowest BCUT2D eigenvalue weighted by Crippen LogP contribution is -1.98. The molecule has 6 nitrogen and oxygen atoms in total. The van der Waals surface area contributed by atoms with Crippen LogP contribution in [-0.4, -0.2) is 28.5 Å². The van der Waals surface area contributed by atoms with E-state index in [4.69, 9.17) is 9.97 Å². The van der Waals surface area contributed by atoms with Crippen LogP contribution in [0.3, 0.4) is 0 Å². The largest absolute Gasteiger partial charge is 0.294 e. The van der Waals surface area contributed by atoms with E-state index in [1.807, 2.05) is 36.5 Å². The minimum absolute atomic E-state index is 0.840. The van der Waals surface area contributed by atoms with Crippen molar-refractivity contribution in [2.45, 2.75) is 0 Å². The quantitative estimate of drug-likeness (QED) is 0.281. The zero-order chi connectivity index (χ0) is 24.3. The highest BCUT2D eigenvalue weighted by Crippen LogP contribution is 2.36. The smallest absolute Gasteiger partial charge is 0.221 e. The molecule has 0 N–H and O–H groups in total. The van der Waals surface area contributed by atoms with Gasteiger partial charge in [-0.2, -0.15) is 0 Å². The fourth-order valence-electron chi connectivity index (χ4n) is 5.37. The van der Waals surface area contributed by atoms with Crippen molar-refractivity contribution in [3.8, 4) is 22.8 Å². The van der Waals surface area contributed by atoms with E-state index in [0.29, 0.717) is 0 Å². The van der Waals surface area contributed by atoms with E-state index in [9.17, 15) is 0 Å². The third kappa shape index (κ3) is 2.84. The molecule has 174 valence electrons. The van der Waals surface area contributed by atoms with Crippen molar-refractivity contribution in [1.29, 1.82) is 0 Å². The Bertz CT molecular complexity index is 2060. The van der Waals surface area contributed by atoms with Gasteiger partial charge in [-0.3, -0.25) is 23.5 Å². The molecule has 0 aliphatic carbocycles. The van der Waals surface area contributed by atoms with Gasteiger partial charge in [0.15, 0.2) is 5.65 Å². The summed E-state index contributed by atoms with van der Waals surface area (Å²) < 4.78 is 6.77. The molecule has 8 rings (SSSR count). The highest BCUT2D eigenvalue weighted by atomic mass is 15.3. The number of nitrogens with zero attached hydrogens (tertiary/aromatic N) is 6. The van der Waals surface area contributed by atoms with Gasteiger partial charge < -0.3 is 0 Å². The standard InChI is InChI=1S/C31H20N6/c1-2-10-21(11-3-1)35-26-14-5-4-12-23(26)29-30(35)37-28-16-7-6-15-27(28)36(31(37)34-29)22-17-18-25(33-20-22)24-13-8-9-19-32-24/h1-20H. The molecule has 0 unspecified atom stereocenters. The van der Waals surface area contributed by atoms with Gasteiger partial charge in [-0.1, -0.05) is 54.6 Å². The highest BCUT2D eigenvalue weighted by Gasteiger charge is 2.23. The van der Waals surface area contributed by atoms with Crippen LogP contribution in [0.2, 0.25) is 0 Å². The maximum atomic E-state index is 5.25. The molecule has 5 heterocycles. The van der Waals surface area contributed by atoms with Gasteiger partial charge in [0.05, 0.1) is 39.8 Å². The number of hydrogen-bond donors (Lipinski definition) is 0. The van der Waals surface area contributed by atoms with E-state index in [-0.39, 0.29) is 0 Å². The first-order chi connectivity index (χ1) is 18.4. The molecule has 3 aromatic carbocycles. The third-order valence-corrected chi connectivity index (χ3v) is 6.96. The summed E-state index contributed by atoms with van der Waals surface area (Å²) in [6.07, 6.45) is 3.69. The van der Waals surface area contributed by atoms with Crippen LogP contribution < -0.4 is 0 Å². The van der Waals surface area contributed by atoms with E-state index in [0.717, 1.165) is 61.6 Å². The molecule has 0 aliphatic heterocycles. The number of aromatic nitrogens is 6. The first-order valence-corrected chi connectivity index (χ1v) is 12.2. The summed E-state index contributed by atoms with van der Waals surface area (Å²) in [4.78, 5) is 14.4. The molecule has 0 amide bonds. The molecule has 0 bridgehead atoms. The Kier molecular flexibility index (Phi) is 4.13. The van der Waals surface area contributed by atoms with E-state index in [1.165, 1.54) is 0 Å². The van der Waals surface area contributed by atoms with Gasteiger partial charge in [0.1, 0.15) is 5.52 Å². The maximum Gasteiger partial charge on any atom is 0.221 e. The van der Waals surface area contributed by atoms with Crippen LogP contribution >= 0.6 is 0 Å². The summed E-state index contributed by atoms with van der Waals surface area (Å²) in [5.74, 6) is 0.856. The molecule has 0 atom stereocenters. The van der Waals surface area contributed by atoms with Crippen LogP contribution in [0.15, 0.2) is 122 Å². The van der Waals surface area contributed by atoms with Crippen molar-refractivity contribution in [3.05, 3.63) is 122 Å². The Morgan fingerprint density at radius 3 is 2.03 bits per heavy atom. The van der Waals surface area contributed by atoms with Crippen LogP contribution in [0.4, 0.5) is 0 Å². The predicted molar refractivity (Wildman–Crippen MR) is 147 cm³/mol. The molecular weight excluding hydrogens is 456 g/mol. The van der Waals surface area contributed by atoms with Gasteiger partial charge in [-0.25, -0.2) is 4.98 Å². The second kappa shape index (κ2) is 7.63. The van der Waals surface area contributed by atoms with Gasteiger partial charge in [-0.05, 0) is 54.6 Å². The highest BCUT2D eigenvalue weighted by molar-refractivity contribution is 6.09. The Labute approximate surface area is 211 Å². The van der Waals surface area contributed by atoms with E-state index in [1.54, 1.807) is 6.20 Å². The number of hydrogen-bond acceptors (Lipinski definition) is 3. The molecule has 0 spiro atoms. The Morgan fingerprint density at radius 2 is 1.24 bits per heavy atom. The molecule has 8 aromatic rings. The molecular formula is C31H20N6. The lowest BCUT2D eigenvalue weighted by atomic mass is 10.2. The fraction of sp³-hybridized carbons (Fsp3) is 0. The number of para-hydroxylation sites is 4. The molecule has 0 saturated heterocycles. The zero-order valence-electron chi connectivity index (χ0n) is 19.7. The SMILES string of the molecule is c1ccc(-n2c3ccccc3c3nc4n(-c5ccc(-c6ccccn6)nc5)c5ccccc5n4c32)cc1. The first kappa shape index (κ1) is 20.0. The topological polar surface area (TPSA) is 52.9 Å². The Hall–Kier alpha value is -5.23. The average molecular weight is 477 g/mol. The van der Waals surface area contributed by atoms with Gasteiger partial charge >= 0.3 is 0 Å². The number of imidazole rings is 2. The summed E-state index contributed by atoms with van der Waals surface area (Å²) in [5, 5.41) is 1.13. The molecule has 0 aliphatic rings. The van der Waals surface area contributed by atoms with Crippen LogP contribution in [-0.2, 0) is 0 Å². The summed E-state index contributed by atoms with van der Waals surface area (Å²) in [6.45, 7) is 0. The summed E-state index contributed by atoms with van der Waals surface area (Å²) in [7, 11) is 0. The van der Waals surface area contributed by atoms with Crippen LogP contribution in [0.1, 0.15) is 0 Å². The van der Waals surface area contributed by atoms with Gasteiger partial charge in [-0.15, -0.1) is 0 Å². The van der Waals surface area contributed by atoms with Gasteiger partial charge in [0.25, 0.3) is 0 Å². The maximum absolute atomic E-state index is 5.25. The summed E-state index contributed by atoms with van der Waals surface area (Å²) >= 11 is 0. The van der Waals surface area contributed by atoms with Crippen molar-refractivity contribution >= 4 is 38.9 Å². The zero-order valence-corrected chi connectivity index (χ0v) is 19.7. The van der Waals surface area contributed by atoms with Crippen molar-refractivity contribution in [2.75, 3.05) is 0 Å². The van der Waals surface area contributed by atoms with Crippen molar-refractivity contribution in [3.63, 3.8) is 0 Å². The average Bonchev–Trinajstić information content (AvgIpc) is 3.60. The number of fused-ring (bicyclic) bond motifs is 7. The second-order valence-corrected chi connectivity index (χ2v) is 9.05. The third-order valence-electron chi connectivity index (χ3n) is 6.96. The molecule has 0 saturated carbocycles. The van der Waals surface area contributed by atoms with E-state index < -0.39 is 0 Å². The summed E-state index contributed by atoms with van der Waals surface area (Å²) in [5.41, 5.74) is 9.08. The lowest BCUT2D eigenvalue weighted by molar-refractivity contribution is 1.07. The molecule has 5 aromatic heterocycles. The molecule has 37 heavy (non-hydrogen) atoms. The lowest BCUT2D eigenvalue weighted by Gasteiger charge is -2.07. The van der Waals surface area contributed by atoms with Crippen molar-refractivity contribution < 1.29 is 0 Å². The van der Waals surface area contributed by atoms with Crippen LogP contribution in [0.25, 0.3) is 61.6 Å². The van der Waals surface area contributed by atoms with E-state index in [2.05, 4.69) is 97.4 Å². The molecule has 0 fully saturated rings. The normalized spacial score (nSPS) is 11.8. The fourth-order valence-corrected chi connectivity index (χ4v) is 5.37. The van der Waals surface area contributed by atoms with Gasteiger partial charge in [0.2, 0.25) is 5.78 Å². The van der Waals surface area contributed by atoms with E-state index >= 15 is 0 Å². The minimum atomic E-state index is 0.840. The van der Waals surface area contributed by atoms with Gasteiger partial charge in [0, 0.05) is 17.3 Å². The Balaban J connectivity index is 1.47. The van der Waals surface area contributed by atoms with Crippen LogP contribution in [0.5, 0.6) is 0 Å². The van der Waals surface area contributed by atoms with Crippen molar-refractivity contribution in [1.82, 2.24) is 28.5 Å². The molecule has 6 heteroatoms. The number of rotatable bonds is 3. The second-order valence-electron chi connectivity index (χ2n) is 9.05. The van der Waals surface area contributed by atoms with Crippen molar-refractivity contribution in [2.24, 2.45) is 0 Å². The minimum Gasteiger partial charge on any atom is -0.294 e. The summed E-state index contributed by atoms with van der Waals surface area (Å²) in [6, 6.07) is 37.4. The molecule has 0 radical (unpaired) electrons. The monoisotopic (exact) mass is 476 g/mol. The van der Waals surface area contributed by atoms with Crippen LogP contribution in [0, 0.1) is 0 Å². The first-order valence-electron chi connectivity index (χ1n) is 12.2. The Morgan fingerprint density at radius 1 is 0.514 bits per heavy atom. The number of benzene rings is 3. The number of pyridine rings is 2.